The molecule has 5 rings (SSSR count). The second-order valence-electron chi connectivity index (χ2n) is 11.2. The Hall–Kier alpha value is -3.32. The van der Waals surface area contributed by atoms with E-state index < -0.39 is 27.7 Å². The number of amides is 1. The SMILES string of the molecule is Cc1cc(-n2c(O)c[nH]c2=O)ccc1CCS(=O)(=O)N1CCC2(CC1)N=C(C1CCC(C=CC(F)F)CC1)NC2=O. The summed E-state index contributed by atoms with van der Waals surface area (Å²) in [6.45, 7) is 2.22. The van der Waals surface area contributed by atoms with E-state index in [0.717, 1.165) is 47.5 Å². The molecule has 2 aromatic rings. The monoisotopic (exact) mass is 591 g/mol. The van der Waals surface area contributed by atoms with E-state index in [1.54, 1.807) is 24.3 Å². The van der Waals surface area contributed by atoms with Gasteiger partial charge in [0.2, 0.25) is 15.9 Å². The minimum Gasteiger partial charge on any atom is -0.493 e. The number of amidine groups is 1. The van der Waals surface area contributed by atoms with Crippen molar-refractivity contribution in [2.24, 2.45) is 16.8 Å². The van der Waals surface area contributed by atoms with Crippen LogP contribution < -0.4 is 11.0 Å². The molecular formula is C28H35F2N5O5S. The average molecular weight is 592 g/mol. The molecule has 13 heteroatoms. The number of benzene rings is 1. The van der Waals surface area contributed by atoms with E-state index in [1.165, 1.54) is 10.5 Å². The number of aryl methyl sites for hydroxylation is 2. The second-order valence-corrected chi connectivity index (χ2v) is 13.3. The van der Waals surface area contributed by atoms with Gasteiger partial charge in [-0.2, -0.15) is 0 Å². The van der Waals surface area contributed by atoms with Gasteiger partial charge in [-0.25, -0.2) is 30.9 Å². The summed E-state index contributed by atoms with van der Waals surface area (Å²) >= 11 is 0. The van der Waals surface area contributed by atoms with Crippen LogP contribution in [0.1, 0.15) is 49.7 Å². The zero-order valence-electron chi connectivity index (χ0n) is 22.9. The van der Waals surface area contributed by atoms with Crippen molar-refractivity contribution in [3.63, 3.8) is 0 Å². The number of rotatable bonds is 8. The lowest BCUT2D eigenvalue weighted by Crippen LogP contribution is -2.51. The molecule has 3 aliphatic rings. The van der Waals surface area contributed by atoms with Crippen LogP contribution in [0.2, 0.25) is 0 Å². The molecule has 1 saturated heterocycles. The number of aromatic nitrogens is 2. The number of nitrogens with zero attached hydrogens (tertiary/aromatic N) is 3. The van der Waals surface area contributed by atoms with Gasteiger partial charge in [0.05, 0.1) is 17.6 Å². The molecule has 1 aliphatic carbocycles. The van der Waals surface area contributed by atoms with Gasteiger partial charge in [0, 0.05) is 19.0 Å². The summed E-state index contributed by atoms with van der Waals surface area (Å²) in [5, 5.41) is 12.8. The summed E-state index contributed by atoms with van der Waals surface area (Å²) in [6, 6.07) is 5.14. The molecule has 1 aromatic heterocycles. The van der Waals surface area contributed by atoms with Crippen LogP contribution >= 0.6 is 0 Å². The zero-order valence-corrected chi connectivity index (χ0v) is 23.7. The van der Waals surface area contributed by atoms with E-state index in [4.69, 9.17) is 4.99 Å². The van der Waals surface area contributed by atoms with Gasteiger partial charge in [-0.1, -0.05) is 12.1 Å². The Labute approximate surface area is 237 Å². The Kier molecular flexibility index (Phi) is 8.20. The van der Waals surface area contributed by atoms with Gasteiger partial charge in [-0.15, -0.1) is 0 Å². The molecule has 3 heterocycles. The first-order valence-corrected chi connectivity index (χ1v) is 15.5. The number of carbonyl (C=O) groups is 1. The lowest BCUT2D eigenvalue weighted by molar-refractivity contribution is -0.125. The molecule has 0 bridgehead atoms. The molecule has 2 aliphatic heterocycles. The maximum Gasteiger partial charge on any atom is 0.333 e. The summed E-state index contributed by atoms with van der Waals surface area (Å²) < 4.78 is 53.9. The summed E-state index contributed by atoms with van der Waals surface area (Å²) in [5.74, 6) is 0.334. The molecule has 1 spiro atoms. The van der Waals surface area contributed by atoms with Crippen LogP contribution in [0.5, 0.6) is 5.88 Å². The highest BCUT2D eigenvalue weighted by molar-refractivity contribution is 7.89. The van der Waals surface area contributed by atoms with E-state index in [2.05, 4.69) is 10.3 Å². The molecule has 0 unspecified atom stereocenters. The van der Waals surface area contributed by atoms with E-state index in [-0.39, 0.29) is 48.9 Å². The topological polar surface area (TPSA) is 137 Å². The van der Waals surface area contributed by atoms with E-state index in [0.29, 0.717) is 24.4 Å². The summed E-state index contributed by atoms with van der Waals surface area (Å²) in [5.41, 5.74) is 0.664. The third kappa shape index (κ3) is 6.15. The van der Waals surface area contributed by atoms with Crippen molar-refractivity contribution in [2.45, 2.75) is 63.8 Å². The summed E-state index contributed by atoms with van der Waals surface area (Å²) in [7, 11) is -3.59. The van der Waals surface area contributed by atoms with Crippen molar-refractivity contribution < 1.29 is 27.1 Å². The first kappa shape index (κ1) is 29.2. The minimum absolute atomic E-state index is 0.0748. The molecule has 41 heavy (non-hydrogen) atoms. The fraction of sp³-hybridized carbons (Fsp3) is 0.536. The number of allylic oxidation sites excluding steroid dienone is 2. The number of imidazole rings is 1. The van der Waals surface area contributed by atoms with Gasteiger partial charge in [0.15, 0.2) is 0 Å². The normalized spacial score (nSPS) is 23.4. The fourth-order valence-corrected chi connectivity index (χ4v) is 7.59. The lowest BCUT2D eigenvalue weighted by atomic mass is 9.81. The van der Waals surface area contributed by atoms with Crippen molar-refractivity contribution in [3.8, 4) is 11.6 Å². The molecule has 3 N–H and O–H groups in total. The maximum atomic E-state index is 13.2. The van der Waals surface area contributed by atoms with Crippen LogP contribution in [-0.4, -0.2) is 69.9 Å². The number of aromatic amines is 1. The number of hydrogen-bond acceptors (Lipinski definition) is 6. The van der Waals surface area contributed by atoms with Gasteiger partial charge in [0.25, 0.3) is 12.3 Å². The average Bonchev–Trinajstić information content (AvgIpc) is 3.44. The first-order valence-electron chi connectivity index (χ1n) is 13.9. The largest absolute Gasteiger partial charge is 0.493 e. The second kappa shape index (κ2) is 11.5. The van der Waals surface area contributed by atoms with E-state index in [1.807, 2.05) is 6.92 Å². The molecule has 2 fully saturated rings. The molecule has 222 valence electrons. The molecular weight excluding hydrogens is 556 g/mol. The smallest absolute Gasteiger partial charge is 0.333 e. The minimum atomic E-state index is -3.59. The third-order valence-electron chi connectivity index (χ3n) is 8.60. The molecule has 0 radical (unpaired) electrons. The van der Waals surface area contributed by atoms with Gasteiger partial charge >= 0.3 is 5.69 Å². The Morgan fingerprint density at radius 2 is 1.88 bits per heavy atom. The van der Waals surface area contributed by atoms with Gasteiger partial charge in [-0.3, -0.25) is 9.79 Å². The lowest BCUT2D eigenvalue weighted by Gasteiger charge is -2.34. The van der Waals surface area contributed by atoms with Gasteiger partial charge < -0.3 is 15.4 Å². The Balaban J connectivity index is 1.17. The zero-order chi connectivity index (χ0) is 29.4. The number of nitrogens with one attached hydrogen (secondary N) is 2. The van der Waals surface area contributed by atoms with Crippen LogP contribution in [0.3, 0.4) is 0 Å². The predicted octanol–water partition coefficient (Wildman–Crippen LogP) is 3.04. The Bertz CT molecular complexity index is 1510. The number of aromatic hydroxyl groups is 1. The van der Waals surface area contributed by atoms with E-state index >= 15 is 0 Å². The number of hydrogen-bond donors (Lipinski definition) is 3. The summed E-state index contributed by atoms with van der Waals surface area (Å²) in [6.07, 6.45) is 5.21. The van der Waals surface area contributed by atoms with Crippen LogP contribution in [0.15, 0.2) is 46.3 Å². The fourth-order valence-electron chi connectivity index (χ4n) is 6.11. The number of sulfonamides is 1. The number of halogens is 2. The van der Waals surface area contributed by atoms with Gasteiger partial charge in [0.1, 0.15) is 11.4 Å². The number of H-pyrrole nitrogens is 1. The van der Waals surface area contributed by atoms with Gasteiger partial charge in [-0.05, 0) is 87.1 Å². The van der Waals surface area contributed by atoms with Crippen LogP contribution in [0.25, 0.3) is 5.69 Å². The van der Waals surface area contributed by atoms with Crippen molar-refractivity contribution >= 4 is 21.8 Å². The molecule has 10 nitrogen and oxygen atoms in total. The number of piperidine rings is 1. The van der Waals surface area contributed by atoms with Crippen LogP contribution in [0, 0.1) is 18.8 Å². The van der Waals surface area contributed by atoms with Crippen LogP contribution in [-0.2, 0) is 21.2 Å². The Morgan fingerprint density at radius 3 is 2.49 bits per heavy atom. The molecule has 1 aromatic carbocycles. The summed E-state index contributed by atoms with van der Waals surface area (Å²) in [4.78, 5) is 32.1. The Morgan fingerprint density at radius 1 is 1.17 bits per heavy atom. The predicted molar refractivity (Wildman–Crippen MR) is 150 cm³/mol. The maximum absolute atomic E-state index is 13.2. The number of alkyl halides is 2. The standard InChI is InChI=1S/C28H35F2N5O5S/c1-18-16-22(35-24(36)17-31-27(35)38)8-7-20(18)10-15-41(39,40)34-13-11-28(12-14-34)26(37)32-25(33-28)21-5-2-19(3-6-21)4-9-23(29)30/h4,7-9,16-17,19,21,23,36H,2-3,5-6,10-15H2,1H3,(H,31,38)(H,32,33,37). The molecule has 0 atom stereocenters. The van der Waals surface area contributed by atoms with E-state index in [9.17, 15) is 31.9 Å². The third-order valence-corrected chi connectivity index (χ3v) is 10.5. The van der Waals surface area contributed by atoms with Crippen molar-refractivity contribution in [1.82, 2.24) is 19.2 Å². The quantitative estimate of drug-likeness (QED) is 0.406. The van der Waals surface area contributed by atoms with Crippen LogP contribution in [0.4, 0.5) is 8.78 Å². The van der Waals surface area contributed by atoms with Crippen molar-refractivity contribution in [1.29, 1.82) is 0 Å². The number of carbonyl (C=O) groups excluding carboxylic acids is 1. The van der Waals surface area contributed by atoms with Crippen molar-refractivity contribution in [2.75, 3.05) is 18.8 Å². The van der Waals surface area contributed by atoms with Crippen molar-refractivity contribution in [3.05, 3.63) is 58.2 Å². The molecule has 1 amide bonds. The highest BCUT2D eigenvalue weighted by Crippen LogP contribution is 2.36. The number of aliphatic imine (C=N–C) groups is 1. The first-order chi connectivity index (χ1) is 19.5. The molecule has 1 saturated carbocycles. The highest BCUT2D eigenvalue weighted by atomic mass is 32.2. The highest BCUT2D eigenvalue weighted by Gasteiger charge is 2.48.